The molecule has 7 heteroatoms. The van der Waals surface area contributed by atoms with Crippen molar-refractivity contribution in [1.82, 2.24) is 5.32 Å². The van der Waals surface area contributed by atoms with Crippen LogP contribution >= 0.6 is 39.3 Å². The maximum absolute atomic E-state index is 12.7. The second-order valence-corrected chi connectivity index (χ2v) is 10.7. The van der Waals surface area contributed by atoms with E-state index in [4.69, 9.17) is 16.3 Å². The van der Waals surface area contributed by atoms with Crippen molar-refractivity contribution in [3.63, 3.8) is 0 Å². The smallest absolute Gasteiger partial charge is 0.407 e. The first-order valence-electron chi connectivity index (χ1n) is 11.3. The first-order valence-corrected chi connectivity index (χ1v) is 13.3. The maximum atomic E-state index is 12.7. The molecule has 4 nitrogen and oxygen atoms in total. The predicted molar refractivity (Wildman–Crippen MR) is 147 cm³/mol. The lowest BCUT2D eigenvalue weighted by molar-refractivity contribution is 0.112. The average Bonchev–Trinajstić information content (AvgIpc) is 3.22. The normalized spacial score (nSPS) is 12.1. The van der Waals surface area contributed by atoms with Gasteiger partial charge in [-0.2, -0.15) is 0 Å². The SMILES string of the molecule is O=Cc1cc(Br)ccc1Sc1c(Cl)cccc1CNC(=O)OCC1c2ccccc2-c2ccccc21. The summed E-state index contributed by atoms with van der Waals surface area (Å²) in [6.45, 7) is 0.491. The maximum Gasteiger partial charge on any atom is 0.407 e. The molecule has 0 heterocycles. The zero-order valence-electron chi connectivity index (χ0n) is 19.0. The van der Waals surface area contributed by atoms with Gasteiger partial charge in [-0.15, -0.1) is 0 Å². The number of carbonyl (C=O) groups is 2. The van der Waals surface area contributed by atoms with Gasteiger partial charge in [0.05, 0.1) is 5.02 Å². The summed E-state index contributed by atoms with van der Waals surface area (Å²) in [5, 5.41) is 3.40. The van der Waals surface area contributed by atoms with E-state index in [1.165, 1.54) is 34.0 Å². The lowest BCUT2D eigenvalue weighted by atomic mass is 9.98. The van der Waals surface area contributed by atoms with Crippen LogP contribution in [-0.4, -0.2) is 19.0 Å². The molecule has 5 rings (SSSR count). The van der Waals surface area contributed by atoms with Gasteiger partial charge in [-0.25, -0.2) is 4.79 Å². The zero-order chi connectivity index (χ0) is 25.1. The molecule has 0 saturated heterocycles. The molecule has 0 saturated carbocycles. The number of nitrogens with one attached hydrogen (secondary N) is 1. The molecule has 4 aromatic rings. The molecule has 1 amide bonds. The third kappa shape index (κ3) is 5.07. The summed E-state index contributed by atoms with van der Waals surface area (Å²) < 4.78 is 6.48. The van der Waals surface area contributed by atoms with E-state index in [1.54, 1.807) is 12.1 Å². The lowest BCUT2D eigenvalue weighted by Crippen LogP contribution is -2.26. The van der Waals surface area contributed by atoms with Gasteiger partial charge in [-0.05, 0) is 52.1 Å². The van der Waals surface area contributed by atoms with Crippen molar-refractivity contribution < 1.29 is 14.3 Å². The molecule has 0 aromatic heterocycles. The third-order valence-electron chi connectivity index (χ3n) is 6.13. The monoisotopic (exact) mass is 577 g/mol. The highest BCUT2D eigenvalue weighted by Crippen LogP contribution is 2.44. The van der Waals surface area contributed by atoms with Gasteiger partial charge in [-0.1, -0.05) is 100.0 Å². The first kappa shape index (κ1) is 24.6. The second-order valence-electron chi connectivity index (χ2n) is 8.31. The van der Waals surface area contributed by atoms with Crippen LogP contribution in [0.5, 0.6) is 0 Å². The van der Waals surface area contributed by atoms with Crippen LogP contribution in [0.2, 0.25) is 5.02 Å². The van der Waals surface area contributed by atoms with E-state index in [0.29, 0.717) is 10.6 Å². The number of fused-ring (bicyclic) bond motifs is 3. The molecule has 1 N–H and O–H groups in total. The fourth-order valence-corrected chi connectivity index (χ4v) is 6.14. The molecule has 1 aliphatic rings. The van der Waals surface area contributed by atoms with Crippen molar-refractivity contribution in [3.05, 3.63) is 117 Å². The Labute approximate surface area is 227 Å². The Bertz CT molecular complexity index is 1410. The Morgan fingerprint density at radius 1 is 0.972 bits per heavy atom. The lowest BCUT2D eigenvalue weighted by Gasteiger charge is -2.16. The summed E-state index contributed by atoms with van der Waals surface area (Å²) in [5.74, 6) is -0.000367. The van der Waals surface area contributed by atoms with Gasteiger partial charge in [0.15, 0.2) is 6.29 Å². The van der Waals surface area contributed by atoms with Crippen molar-refractivity contribution in [2.24, 2.45) is 0 Å². The number of benzene rings is 4. The summed E-state index contributed by atoms with van der Waals surface area (Å²) in [7, 11) is 0. The fourth-order valence-electron chi connectivity index (χ4n) is 4.44. The Hall–Kier alpha value is -3.06. The average molecular weight is 579 g/mol. The highest BCUT2D eigenvalue weighted by atomic mass is 79.9. The van der Waals surface area contributed by atoms with Crippen molar-refractivity contribution in [2.75, 3.05) is 6.61 Å². The van der Waals surface area contributed by atoms with Crippen LogP contribution in [0.4, 0.5) is 4.79 Å². The molecule has 1 aliphatic carbocycles. The summed E-state index contributed by atoms with van der Waals surface area (Å²) >= 11 is 11.3. The van der Waals surface area contributed by atoms with E-state index < -0.39 is 6.09 Å². The van der Waals surface area contributed by atoms with Crippen LogP contribution < -0.4 is 5.32 Å². The quantitative estimate of drug-likeness (QED) is 0.225. The highest BCUT2D eigenvalue weighted by molar-refractivity contribution is 9.10. The van der Waals surface area contributed by atoms with Crippen molar-refractivity contribution in [1.29, 1.82) is 0 Å². The number of hydrogen-bond acceptors (Lipinski definition) is 4. The van der Waals surface area contributed by atoms with E-state index in [0.717, 1.165) is 26.1 Å². The number of halogens is 2. The Balaban J connectivity index is 1.27. The number of ether oxygens (including phenoxy) is 1. The molecule has 36 heavy (non-hydrogen) atoms. The van der Waals surface area contributed by atoms with Crippen LogP contribution in [0.15, 0.2) is 99.2 Å². The topological polar surface area (TPSA) is 55.4 Å². The molecule has 180 valence electrons. The number of carbonyl (C=O) groups excluding carboxylic acids is 2. The summed E-state index contributed by atoms with van der Waals surface area (Å²) in [6.07, 6.45) is 0.323. The fraction of sp³-hybridized carbons (Fsp3) is 0.103. The van der Waals surface area contributed by atoms with Gasteiger partial charge in [0.1, 0.15) is 6.61 Å². The molecular formula is C29H21BrClNO3S. The predicted octanol–water partition coefficient (Wildman–Crippen LogP) is 8.10. The highest BCUT2D eigenvalue weighted by Gasteiger charge is 2.29. The van der Waals surface area contributed by atoms with E-state index >= 15 is 0 Å². The van der Waals surface area contributed by atoms with Gasteiger partial charge >= 0.3 is 6.09 Å². The summed E-state index contributed by atoms with van der Waals surface area (Å²) in [6, 6.07) is 27.5. The van der Waals surface area contributed by atoms with E-state index in [9.17, 15) is 9.59 Å². The van der Waals surface area contributed by atoms with E-state index in [-0.39, 0.29) is 19.1 Å². The summed E-state index contributed by atoms with van der Waals surface area (Å²) in [4.78, 5) is 25.8. The molecular weight excluding hydrogens is 558 g/mol. The van der Waals surface area contributed by atoms with Crippen LogP contribution in [0.1, 0.15) is 33.0 Å². The Kier molecular flexibility index (Phi) is 7.46. The zero-order valence-corrected chi connectivity index (χ0v) is 22.2. The number of aldehydes is 1. The minimum atomic E-state index is -0.495. The van der Waals surface area contributed by atoms with Crippen LogP contribution in [0, 0.1) is 0 Å². The molecule has 0 spiro atoms. The van der Waals surface area contributed by atoms with E-state index in [2.05, 4.69) is 45.5 Å². The third-order valence-corrected chi connectivity index (χ3v) is 8.32. The molecule has 4 aromatic carbocycles. The molecule has 0 unspecified atom stereocenters. The minimum Gasteiger partial charge on any atom is -0.449 e. The molecule has 0 radical (unpaired) electrons. The number of hydrogen-bond donors (Lipinski definition) is 1. The largest absolute Gasteiger partial charge is 0.449 e. The van der Waals surface area contributed by atoms with Crippen molar-refractivity contribution in [3.8, 4) is 11.1 Å². The summed E-state index contributed by atoms with van der Waals surface area (Å²) in [5.41, 5.74) is 6.10. The molecule has 0 aliphatic heterocycles. The van der Waals surface area contributed by atoms with E-state index in [1.807, 2.05) is 48.5 Å². The van der Waals surface area contributed by atoms with Crippen molar-refractivity contribution in [2.45, 2.75) is 22.3 Å². The van der Waals surface area contributed by atoms with Gasteiger partial charge in [0, 0.05) is 32.3 Å². The standard InChI is InChI=1S/C29H21BrClNO3S/c30-20-12-13-27(19(14-20)16-33)36-28-18(6-5-11-26(28)31)15-32-29(34)35-17-25-23-9-3-1-7-21(23)22-8-2-4-10-24(22)25/h1-14,16,25H,15,17H2,(H,32,34). The molecule has 0 atom stereocenters. The number of amides is 1. The van der Waals surface area contributed by atoms with Gasteiger partial charge in [-0.3, -0.25) is 4.79 Å². The van der Waals surface area contributed by atoms with Crippen LogP contribution in [0.25, 0.3) is 11.1 Å². The van der Waals surface area contributed by atoms with Crippen molar-refractivity contribution >= 4 is 51.7 Å². The minimum absolute atomic E-state index is 0.000367. The second kappa shape index (κ2) is 10.9. The van der Waals surface area contributed by atoms with Crippen LogP contribution in [0.3, 0.4) is 0 Å². The Morgan fingerprint density at radius 2 is 1.67 bits per heavy atom. The van der Waals surface area contributed by atoms with Gasteiger partial charge < -0.3 is 10.1 Å². The first-order chi connectivity index (χ1) is 17.5. The molecule has 0 bridgehead atoms. The Morgan fingerprint density at radius 3 is 2.36 bits per heavy atom. The van der Waals surface area contributed by atoms with Crippen LogP contribution in [-0.2, 0) is 11.3 Å². The molecule has 0 fully saturated rings. The number of alkyl carbamates (subject to hydrolysis) is 1. The van der Waals surface area contributed by atoms with Gasteiger partial charge in [0.25, 0.3) is 0 Å². The number of rotatable bonds is 7. The van der Waals surface area contributed by atoms with Gasteiger partial charge in [0.2, 0.25) is 0 Å².